The fourth-order valence-electron chi connectivity index (χ4n) is 5.31. The van der Waals surface area contributed by atoms with Gasteiger partial charge in [-0.2, -0.15) is 0 Å². The van der Waals surface area contributed by atoms with Gasteiger partial charge in [0.2, 0.25) is 0 Å². The third kappa shape index (κ3) is 6.16. The molecular formula is C36H35P. The van der Waals surface area contributed by atoms with E-state index < -0.39 is 7.26 Å². The molecule has 0 bridgehead atoms. The first-order valence-corrected chi connectivity index (χ1v) is 15.5. The SMILES string of the molecule is C(=CCc1ccc(C[PH](c2ccccc2)(c2ccccc2)c2ccccc2)cc1)CCc1ccccc1. The van der Waals surface area contributed by atoms with Crippen molar-refractivity contribution in [2.24, 2.45) is 0 Å². The molecule has 0 fully saturated rings. The molecule has 184 valence electrons. The molecule has 0 spiro atoms. The number of allylic oxidation sites excluding steroid dienone is 2. The Kier molecular flexibility index (Phi) is 8.42. The molecule has 0 aliphatic heterocycles. The van der Waals surface area contributed by atoms with Crippen molar-refractivity contribution in [2.75, 3.05) is 0 Å². The fraction of sp³-hybridized carbons (Fsp3) is 0.111. The first kappa shape index (κ1) is 24.9. The molecule has 1 heteroatoms. The molecule has 5 aromatic carbocycles. The van der Waals surface area contributed by atoms with Crippen LogP contribution in [0.1, 0.15) is 23.1 Å². The van der Waals surface area contributed by atoms with Crippen LogP contribution in [0.2, 0.25) is 0 Å². The second kappa shape index (κ2) is 12.5. The predicted octanol–water partition coefficient (Wildman–Crippen LogP) is 7.64. The van der Waals surface area contributed by atoms with Gasteiger partial charge in [-0.25, -0.2) is 0 Å². The van der Waals surface area contributed by atoms with Crippen molar-refractivity contribution in [3.63, 3.8) is 0 Å². The van der Waals surface area contributed by atoms with Crippen molar-refractivity contribution < 1.29 is 0 Å². The number of rotatable bonds is 10. The number of hydrogen-bond donors (Lipinski definition) is 0. The van der Waals surface area contributed by atoms with Crippen molar-refractivity contribution >= 4 is 23.2 Å². The van der Waals surface area contributed by atoms with E-state index in [-0.39, 0.29) is 0 Å². The van der Waals surface area contributed by atoms with Crippen LogP contribution < -0.4 is 15.9 Å². The Morgan fingerprint density at radius 1 is 0.405 bits per heavy atom. The van der Waals surface area contributed by atoms with E-state index in [4.69, 9.17) is 0 Å². The van der Waals surface area contributed by atoms with E-state index in [0.717, 1.165) is 25.4 Å². The summed E-state index contributed by atoms with van der Waals surface area (Å²) in [7, 11) is -2.26. The minimum Gasteiger partial charge on any atom is -0.0622 e. The summed E-state index contributed by atoms with van der Waals surface area (Å²) >= 11 is 0. The molecule has 0 unspecified atom stereocenters. The van der Waals surface area contributed by atoms with Gasteiger partial charge in [0, 0.05) is 0 Å². The standard InChI is InChI=1S/C36H35P/c1-6-16-31(17-7-1)18-8-2-9-19-32-26-28-33(29-27-32)30-37(34-20-10-3-11-21-34,35-22-12-4-13-23-35)36-24-14-5-15-25-36/h1-7,9-17,20-29,37H,8,18-19,30H2. The van der Waals surface area contributed by atoms with E-state index >= 15 is 0 Å². The molecule has 5 aromatic rings. The zero-order valence-electron chi connectivity index (χ0n) is 21.3. The van der Waals surface area contributed by atoms with Gasteiger partial charge in [0.25, 0.3) is 0 Å². The van der Waals surface area contributed by atoms with Gasteiger partial charge in [-0.05, 0) is 0 Å². The van der Waals surface area contributed by atoms with E-state index in [1.54, 1.807) is 0 Å². The van der Waals surface area contributed by atoms with E-state index in [0.29, 0.717) is 0 Å². The Morgan fingerprint density at radius 2 is 0.838 bits per heavy atom. The normalized spacial score (nSPS) is 12.0. The van der Waals surface area contributed by atoms with Gasteiger partial charge in [-0.15, -0.1) is 0 Å². The average molecular weight is 499 g/mol. The maximum absolute atomic E-state index is 2.35. The van der Waals surface area contributed by atoms with Gasteiger partial charge >= 0.3 is 205 Å². The third-order valence-corrected chi connectivity index (χ3v) is 12.2. The summed E-state index contributed by atoms with van der Waals surface area (Å²) in [6, 6.07) is 53.6. The summed E-state index contributed by atoms with van der Waals surface area (Å²) in [6.45, 7) is 0. The van der Waals surface area contributed by atoms with Crippen LogP contribution in [0.15, 0.2) is 158 Å². The van der Waals surface area contributed by atoms with Crippen LogP contribution in [0.25, 0.3) is 0 Å². The monoisotopic (exact) mass is 498 g/mol. The van der Waals surface area contributed by atoms with Crippen LogP contribution in [-0.4, -0.2) is 0 Å². The summed E-state index contributed by atoms with van der Waals surface area (Å²) in [4.78, 5) is 0. The Morgan fingerprint density at radius 3 is 1.32 bits per heavy atom. The summed E-state index contributed by atoms with van der Waals surface area (Å²) in [5, 5.41) is 4.37. The number of benzene rings is 5. The fourth-order valence-corrected chi connectivity index (χ4v) is 10.1. The molecule has 0 nitrogen and oxygen atoms in total. The molecule has 0 saturated carbocycles. The molecule has 0 heterocycles. The van der Waals surface area contributed by atoms with Gasteiger partial charge in [0.05, 0.1) is 0 Å². The smallest absolute Gasteiger partial charge is 0.0622 e. The van der Waals surface area contributed by atoms with Crippen LogP contribution in [0.3, 0.4) is 0 Å². The Labute approximate surface area is 222 Å². The average Bonchev–Trinajstić information content (AvgIpc) is 2.98. The number of aryl methyl sites for hydroxylation is 1. The van der Waals surface area contributed by atoms with E-state index in [1.807, 2.05) is 0 Å². The van der Waals surface area contributed by atoms with Crippen LogP contribution in [0.5, 0.6) is 0 Å². The van der Waals surface area contributed by atoms with Crippen molar-refractivity contribution in [1.82, 2.24) is 0 Å². The first-order valence-electron chi connectivity index (χ1n) is 13.3. The molecule has 0 N–H and O–H groups in total. The van der Waals surface area contributed by atoms with Gasteiger partial charge in [-0.3, -0.25) is 0 Å². The second-order valence-electron chi connectivity index (χ2n) is 9.70. The third-order valence-electron chi connectivity index (χ3n) is 7.25. The molecule has 0 aliphatic carbocycles. The van der Waals surface area contributed by atoms with Crippen molar-refractivity contribution in [1.29, 1.82) is 0 Å². The predicted molar refractivity (Wildman–Crippen MR) is 164 cm³/mol. The first-order chi connectivity index (χ1) is 18.3. The molecular weight excluding hydrogens is 463 g/mol. The van der Waals surface area contributed by atoms with E-state index in [9.17, 15) is 0 Å². The summed E-state index contributed by atoms with van der Waals surface area (Å²) in [6.07, 6.45) is 8.84. The van der Waals surface area contributed by atoms with Gasteiger partial charge < -0.3 is 0 Å². The van der Waals surface area contributed by atoms with E-state index in [2.05, 4.69) is 158 Å². The molecule has 0 atom stereocenters. The van der Waals surface area contributed by atoms with Crippen molar-refractivity contribution in [3.05, 3.63) is 174 Å². The molecule has 37 heavy (non-hydrogen) atoms. The summed E-state index contributed by atoms with van der Waals surface area (Å²) < 4.78 is 0. The van der Waals surface area contributed by atoms with Crippen molar-refractivity contribution in [3.8, 4) is 0 Å². The van der Waals surface area contributed by atoms with Crippen LogP contribution in [-0.2, 0) is 19.0 Å². The van der Waals surface area contributed by atoms with Crippen LogP contribution in [0.4, 0.5) is 0 Å². The zero-order valence-corrected chi connectivity index (χ0v) is 22.3. The summed E-state index contributed by atoms with van der Waals surface area (Å²) in [5.41, 5.74) is 4.17. The topological polar surface area (TPSA) is 0 Å². The molecule has 0 aromatic heterocycles. The maximum atomic E-state index is 2.35. The number of hydrogen-bond acceptors (Lipinski definition) is 0. The second-order valence-corrected chi connectivity index (χ2v) is 13.6. The minimum atomic E-state index is -2.26. The van der Waals surface area contributed by atoms with Gasteiger partial charge in [0.1, 0.15) is 0 Å². The Bertz CT molecular complexity index is 1280. The van der Waals surface area contributed by atoms with Crippen molar-refractivity contribution in [2.45, 2.75) is 25.4 Å². The molecule has 0 amide bonds. The van der Waals surface area contributed by atoms with E-state index in [1.165, 1.54) is 32.6 Å². The minimum absolute atomic E-state index is 0.980. The molecule has 5 rings (SSSR count). The Hall–Kier alpha value is -3.73. The Balaban J connectivity index is 1.38. The van der Waals surface area contributed by atoms with Gasteiger partial charge in [-0.1, -0.05) is 18.2 Å². The van der Waals surface area contributed by atoms with Gasteiger partial charge in [0.15, 0.2) is 0 Å². The van der Waals surface area contributed by atoms with Crippen LogP contribution in [0, 0.1) is 0 Å². The zero-order chi connectivity index (χ0) is 25.2. The summed E-state index contributed by atoms with van der Waals surface area (Å²) in [5.74, 6) is 0. The molecule has 0 saturated heterocycles. The molecule has 0 radical (unpaired) electrons. The van der Waals surface area contributed by atoms with Crippen LogP contribution >= 0.6 is 7.26 Å². The quantitative estimate of drug-likeness (QED) is 0.137. The molecule has 0 aliphatic rings.